The third-order valence-electron chi connectivity index (χ3n) is 4.54. The Morgan fingerprint density at radius 1 is 1.14 bits per heavy atom. The van der Waals surface area contributed by atoms with Gasteiger partial charge in [0, 0.05) is 19.5 Å². The number of benzene rings is 2. The molecule has 0 amide bonds. The maximum Gasteiger partial charge on any atom is 0.191 e. The van der Waals surface area contributed by atoms with E-state index >= 15 is 0 Å². The van der Waals surface area contributed by atoms with Crippen LogP contribution in [0.3, 0.4) is 0 Å². The molecule has 0 bridgehead atoms. The Balaban J connectivity index is 0.00000300. The zero-order valence-electron chi connectivity index (χ0n) is 16.6. The number of hydrogen-bond acceptors (Lipinski definition) is 4. The van der Waals surface area contributed by atoms with E-state index < -0.39 is 9.84 Å². The number of ether oxygens (including phenoxy) is 1. The number of nitrogens with zero attached hydrogens (tertiary/aromatic N) is 1. The molecule has 2 aromatic carbocycles. The normalized spacial score (nSPS) is 13.2. The zero-order chi connectivity index (χ0) is 19.8. The summed E-state index contributed by atoms with van der Waals surface area (Å²) < 4.78 is 30.2. The van der Waals surface area contributed by atoms with Gasteiger partial charge in [-0.1, -0.05) is 30.3 Å². The van der Waals surface area contributed by atoms with Crippen LogP contribution in [-0.2, 0) is 22.7 Å². The number of hydrogen-bond donors (Lipinski definition) is 2. The first kappa shape index (κ1) is 23.5. The molecule has 0 radical (unpaired) electrons. The van der Waals surface area contributed by atoms with Crippen molar-refractivity contribution in [2.75, 3.05) is 32.0 Å². The average Bonchev–Trinajstić information content (AvgIpc) is 3.16. The first-order valence-electron chi connectivity index (χ1n) is 9.63. The molecule has 3 rings (SSSR count). The Labute approximate surface area is 190 Å². The van der Waals surface area contributed by atoms with Gasteiger partial charge in [-0.3, -0.25) is 4.99 Å². The van der Waals surface area contributed by atoms with Crippen LogP contribution in [0.25, 0.3) is 0 Å². The summed E-state index contributed by atoms with van der Waals surface area (Å²) in [4.78, 5) is 4.75. The van der Waals surface area contributed by atoms with Gasteiger partial charge in [-0.25, -0.2) is 8.42 Å². The van der Waals surface area contributed by atoms with Gasteiger partial charge in [0.05, 0.1) is 23.8 Å². The number of fused-ring (bicyclic) bond motifs is 1. The fourth-order valence-corrected chi connectivity index (χ4v) is 4.22. The zero-order valence-corrected chi connectivity index (χ0v) is 19.7. The maximum absolute atomic E-state index is 12.3. The summed E-state index contributed by atoms with van der Waals surface area (Å²) in [7, 11) is -3.31. The third kappa shape index (κ3) is 6.88. The standard InChI is InChI=1S/C21H27N3O3S.HI/c1-2-22-21(24-13-15-28(25,26)19-6-4-3-5-7-19)23-12-10-17-8-9-20-18(16-17)11-14-27-20;/h3-9,16H,2,10-15H2,1H3,(H2,22,23,24);1H. The molecule has 2 aromatic rings. The van der Waals surface area contributed by atoms with E-state index in [1.165, 1.54) is 11.1 Å². The average molecular weight is 529 g/mol. The molecule has 8 heteroatoms. The molecule has 0 unspecified atom stereocenters. The molecular formula is C21H28IN3O3S. The fourth-order valence-electron chi connectivity index (χ4n) is 3.09. The van der Waals surface area contributed by atoms with Crippen LogP contribution < -0.4 is 15.4 Å². The fraction of sp³-hybridized carbons (Fsp3) is 0.381. The van der Waals surface area contributed by atoms with E-state index in [2.05, 4.69) is 27.8 Å². The minimum Gasteiger partial charge on any atom is -0.493 e. The topological polar surface area (TPSA) is 79.8 Å². The Morgan fingerprint density at radius 2 is 1.93 bits per heavy atom. The molecular weight excluding hydrogens is 501 g/mol. The van der Waals surface area contributed by atoms with Gasteiger partial charge in [-0.2, -0.15) is 0 Å². The largest absolute Gasteiger partial charge is 0.493 e. The molecule has 1 heterocycles. The molecule has 0 spiro atoms. The van der Waals surface area contributed by atoms with E-state index in [-0.39, 0.29) is 36.3 Å². The second-order valence-electron chi connectivity index (χ2n) is 6.61. The SMILES string of the molecule is CCNC(=NCCS(=O)(=O)c1ccccc1)NCCc1ccc2c(c1)CCO2.I. The number of sulfone groups is 1. The lowest BCUT2D eigenvalue weighted by Crippen LogP contribution is -2.38. The van der Waals surface area contributed by atoms with Crippen LogP contribution in [-0.4, -0.2) is 46.4 Å². The Bertz CT molecular complexity index is 918. The van der Waals surface area contributed by atoms with Gasteiger partial charge in [0.15, 0.2) is 15.8 Å². The number of guanidine groups is 1. The summed E-state index contributed by atoms with van der Waals surface area (Å²) >= 11 is 0. The third-order valence-corrected chi connectivity index (χ3v) is 6.25. The van der Waals surface area contributed by atoms with Crippen LogP contribution in [0, 0.1) is 0 Å². The highest BCUT2D eigenvalue weighted by Gasteiger charge is 2.13. The van der Waals surface area contributed by atoms with Gasteiger partial charge in [-0.15, -0.1) is 24.0 Å². The lowest BCUT2D eigenvalue weighted by molar-refractivity contribution is 0.357. The molecule has 158 valence electrons. The van der Waals surface area contributed by atoms with Crippen molar-refractivity contribution >= 4 is 39.8 Å². The second kappa shape index (κ2) is 11.4. The highest BCUT2D eigenvalue weighted by molar-refractivity contribution is 14.0. The van der Waals surface area contributed by atoms with Gasteiger partial charge >= 0.3 is 0 Å². The first-order valence-corrected chi connectivity index (χ1v) is 11.3. The molecule has 1 aliphatic heterocycles. The minimum atomic E-state index is -3.31. The summed E-state index contributed by atoms with van der Waals surface area (Å²) in [5.41, 5.74) is 2.52. The summed E-state index contributed by atoms with van der Waals surface area (Å²) in [5, 5.41) is 6.44. The molecule has 1 aliphatic rings. The summed E-state index contributed by atoms with van der Waals surface area (Å²) in [5.74, 6) is 1.61. The summed E-state index contributed by atoms with van der Waals surface area (Å²) in [6, 6.07) is 14.8. The second-order valence-corrected chi connectivity index (χ2v) is 8.72. The van der Waals surface area contributed by atoms with E-state index in [9.17, 15) is 8.42 Å². The molecule has 0 saturated carbocycles. The molecule has 0 saturated heterocycles. The number of halogens is 1. The molecule has 0 atom stereocenters. The van der Waals surface area contributed by atoms with Crippen LogP contribution in [0.15, 0.2) is 58.4 Å². The Kier molecular flexibility index (Phi) is 9.22. The predicted octanol–water partition coefficient (Wildman–Crippen LogP) is 2.81. The van der Waals surface area contributed by atoms with Crippen molar-refractivity contribution in [1.82, 2.24) is 10.6 Å². The predicted molar refractivity (Wildman–Crippen MR) is 127 cm³/mol. The first-order chi connectivity index (χ1) is 13.6. The quantitative estimate of drug-likeness (QED) is 0.313. The summed E-state index contributed by atoms with van der Waals surface area (Å²) in [6.45, 7) is 4.39. The maximum atomic E-state index is 12.3. The van der Waals surface area contributed by atoms with Crippen molar-refractivity contribution in [3.63, 3.8) is 0 Å². The van der Waals surface area contributed by atoms with Crippen LogP contribution in [0.2, 0.25) is 0 Å². The molecule has 0 aliphatic carbocycles. The van der Waals surface area contributed by atoms with Gasteiger partial charge in [0.25, 0.3) is 0 Å². The Morgan fingerprint density at radius 3 is 2.69 bits per heavy atom. The monoisotopic (exact) mass is 529 g/mol. The molecule has 0 aromatic heterocycles. The van der Waals surface area contributed by atoms with Crippen LogP contribution in [0.5, 0.6) is 5.75 Å². The smallest absolute Gasteiger partial charge is 0.191 e. The van der Waals surface area contributed by atoms with Crippen molar-refractivity contribution in [2.24, 2.45) is 4.99 Å². The van der Waals surface area contributed by atoms with Crippen molar-refractivity contribution in [1.29, 1.82) is 0 Å². The number of aliphatic imine (C=N–C) groups is 1. The van der Waals surface area contributed by atoms with E-state index in [1.54, 1.807) is 30.3 Å². The van der Waals surface area contributed by atoms with Crippen LogP contribution in [0.4, 0.5) is 0 Å². The minimum absolute atomic E-state index is 0. The van der Waals surface area contributed by atoms with Crippen LogP contribution >= 0.6 is 24.0 Å². The highest BCUT2D eigenvalue weighted by atomic mass is 127. The molecule has 29 heavy (non-hydrogen) atoms. The van der Waals surface area contributed by atoms with Crippen molar-refractivity contribution in [3.05, 3.63) is 59.7 Å². The molecule has 6 nitrogen and oxygen atoms in total. The van der Waals surface area contributed by atoms with Gasteiger partial charge < -0.3 is 15.4 Å². The highest BCUT2D eigenvalue weighted by Crippen LogP contribution is 2.25. The van der Waals surface area contributed by atoms with Gasteiger partial charge in [-0.05, 0) is 42.7 Å². The van der Waals surface area contributed by atoms with E-state index in [0.29, 0.717) is 17.4 Å². The van der Waals surface area contributed by atoms with Gasteiger partial charge in [0.1, 0.15) is 5.75 Å². The Hall–Kier alpha value is -1.81. The molecule has 0 fully saturated rings. The van der Waals surface area contributed by atoms with Gasteiger partial charge in [0.2, 0.25) is 0 Å². The van der Waals surface area contributed by atoms with Crippen molar-refractivity contribution in [3.8, 4) is 5.75 Å². The van der Waals surface area contributed by atoms with Crippen molar-refractivity contribution < 1.29 is 13.2 Å². The summed E-state index contributed by atoms with van der Waals surface area (Å²) in [6.07, 6.45) is 1.83. The van der Waals surface area contributed by atoms with Crippen LogP contribution in [0.1, 0.15) is 18.1 Å². The lowest BCUT2D eigenvalue weighted by atomic mass is 10.1. The number of rotatable bonds is 8. The van der Waals surface area contributed by atoms with E-state index in [0.717, 1.165) is 31.7 Å². The number of nitrogens with one attached hydrogen (secondary N) is 2. The molecule has 2 N–H and O–H groups in total. The van der Waals surface area contributed by atoms with Crippen molar-refractivity contribution in [2.45, 2.75) is 24.7 Å². The van der Waals surface area contributed by atoms with E-state index in [4.69, 9.17) is 4.74 Å². The van der Waals surface area contributed by atoms with E-state index in [1.807, 2.05) is 13.0 Å². The lowest BCUT2D eigenvalue weighted by Gasteiger charge is -2.12.